The van der Waals surface area contributed by atoms with Crippen molar-refractivity contribution in [1.82, 2.24) is 5.32 Å². The number of aryl methyl sites for hydroxylation is 1. The van der Waals surface area contributed by atoms with Gasteiger partial charge in [0.25, 0.3) is 0 Å². The van der Waals surface area contributed by atoms with E-state index in [2.05, 4.69) is 36.5 Å². The Labute approximate surface area is 110 Å². The summed E-state index contributed by atoms with van der Waals surface area (Å²) in [5, 5.41) is 3.29. The molecule has 0 aliphatic heterocycles. The van der Waals surface area contributed by atoms with Crippen LogP contribution in [-0.2, 0) is 9.47 Å². The van der Waals surface area contributed by atoms with Gasteiger partial charge in [-0.05, 0) is 33.4 Å². The normalized spacial score (nSPS) is 14.4. The molecule has 1 N–H and O–H groups in total. The van der Waals surface area contributed by atoms with Gasteiger partial charge in [0.1, 0.15) is 0 Å². The first kappa shape index (κ1) is 15.2. The predicted molar refractivity (Wildman–Crippen MR) is 74.9 cm³/mol. The van der Waals surface area contributed by atoms with Crippen LogP contribution in [0.1, 0.15) is 31.0 Å². The van der Waals surface area contributed by atoms with E-state index in [0.29, 0.717) is 13.2 Å². The molecule has 3 nitrogen and oxygen atoms in total. The average Bonchev–Trinajstić information content (AvgIpc) is 2.37. The highest BCUT2D eigenvalue weighted by atomic mass is 16.5. The van der Waals surface area contributed by atoms with Crippen molar-refractivity contribution < 1.29 is 9.47 Å². The summed E-state index contributed by atoms with van der Waals surface area (Å²) in [5.74, 6) is 0. The molecule has 0 fully saturated rings. The summed E-state index contributed by atoms with van der Waals surface area (Å²) in [5.41, 5.74) is 2.54. The monoisotopic (exact) mass is 251 g/mol. The molecule has 0 spiro atoms. The molecule has 18 heavy (non-hydrogen) atoms. The summed E-state index contributed by atoms with van der Waals surface area (Å²) in [4.78, 5) is 0. The molecule has 2 unspecified atom stereocenters. The van der Waals surface area contributed by atoms with Crippen molar-refractivity contribution in [3.05, 3.63) is 35.4 Å². The summed E-state index contributed by atoms with van der Waals surface area (Å²) in [6.45, 7) is 8.19. The van der Waals surface area contributed by atoms with E-state index in [1.807, 2.05) is 20.9 Å². The van der Waals surface area contributed by atoms with Gasteiger partial charge < -0.3 is 14.8 Å². The predicted octanol–water partition coefficient (Wildman–Crippen LogP) is 2.70. The molecule has 0 saturated heterocycles. The first-order valence-electron chi connectivity index (χ1n) is 6.60. The van der Waals surface area contributed by atoms with E-state index in [0.717, 1.165) is 6.61 Å². The van der Waals surface area contributed by atoms with E-state index in [9.17, 15) is 0 Å². The van der Waals surface area contributed by atoms with Crippen molar-refractivity contribution >= 4 is 0 Å². The van der Waals surface area contributed by atoms with Crippen LogP contribution >= 0.6 is 0 Å². The van der Waals surface area contributed by atoms with Crippen LogP contribution < -0.4 is 5.32 Å². The van der Waals surface area contributed by atoms with Gasteiger partial charge in [0.05, 0.1) is 25.4 Å². The summed E-state index contributed by atoms with van der Waals surface area (Å²) in [6.07, 6.45) is 0.130. The van der Waals surface area contributed by atoms with E-state index < -0.39 is 0 Å². The summed E-state index contributed by atoms with van der Waals surface area (Å²) >= 11 is 0. The lowest BCUT2D eigenvalue weighted by Gasteiger charge is -2.20. The van der Waals surface area contributed by atoms with Crippen LogP contribution in [0, 0.1) is 6.92 Å². The minimum absolute atomic E-state index is 0.130. The zero-order valence-electron chi connectivity index (χ0n) is 11.9. The van der Waals surface area contributed by atoms with Crippen molar-refractivity contribution in [1.29, 1.82) is 0 Å². The van der Waals surface area contributed by atoms with Crippen molar-refractivity contribution in [2.45, 2.75) is 32.9 Å². The molecular formula is C15H25NO2. The molecule has 0 amide bonds. The smallest absolute Gasteiger partial charge is 0.0781 e. The third kappa shape index (κ3) is 5.17. The highest BCUT2D eigenvalue weighted by Gasteiger charge is 2.11. The molecule has 1 rings (SSSR count). The Morgan fingerprint density at radius 3 is 2.67 bits per heavy atom. The van der Waals surface area contributed by atoms with Crippen molar-refractivity contribution in [3.63, 3.8) is 0 Å². The maximum atomic E-state index is 5.80. The van der Waals surface area contributed by atoms with E-state index in [1.165, 1.54) is 11.1 Å². The lowest BCUT2D eigenvalue weighted by atomic mass is 10.1. The quantitative estimate of drug-likeness (QED) is 0.770. The summed E-state index contributed by atoms with van der Waals surface area (Å²) < 4.78 is 11.1. The van der Waals surface area contributed by atoms with E-state index in [1.54, 1.807) is 0 Å². The molecule has 102 valence electrons. The highest BCUT2D eigenvalue weighted by molar-refractivity contribution is 5.25. The molecule has 0 aromatic heterocycles. The maximum Gasteiger partial charge on any atom is 0.0781 e. The molecule has 2 atom stereocenters. The standard InChI is InChI=1S/C15H25NO2/c1-5-17-10-13(3)18-11-15(16-4)14-8-6-7-12(2)9-14/h6-9,13,15-16H,5,10-11H2,1-4H3. The van der Waals surface area contributed by atoms with Crippen LogP contribution in [0.2, 0.25) is 0 Å². The SMILES string of the molecule is CCOCC(C)OCC(NC)c1cccc(C)c1. The van der Waals surface area contributed by atoms with Crippen molar-refractivity contribution in [2.24, 2.45) is 0 Å². The molecule has 0 saturated carbocycles. The Balaban J connectivity index is 2.47. The fourth-order valence-electron chi connectivity index (χ4n) is 1.83. The molecule has 0 aliphatic carbocycles. The summed E-state index contributed by atoms with van der Waals surface area (Å²) in [7, 11) is 1.96. The van der Waals surface area contributed by atoms with Gasteiger partial charge in [0.15, 0.2) is 0 Å². The molecule has 1 aromatic carbocycles. The topological polar surface area (TPSA) is 30.5 Å². The minimum atomic E-state index is 0.130. The third-order valence-corrected chi connectivity index (χ3v) is 2.90. The van der Waals surface area contributed by atoms with Crippen molar-refractivity contribution in [2.75, 3.05) is 26.9 Å². The van der Waals surface area contributed by atoms with Crippen LogP contribution in [-0.4, -0.2) is 33.0 Å². The van der Waals surface area contributed by atoms with Gasteiger partial charge in [0.2, 0.25) is 0 Å². The maximum absolute atomic E-state index is 5.80. The number of hydrogen-bond donors (Lipinski definition) is 1. The molecular weight excluding hydrogens is 226 g/mol. The Kier molecular flexibility index (Phi) is 6.94. The van der Waals surface area contributed by atoms with Gasteiger partial charge in [0, 0.05) is 6.61 Å². The number of nitrogens with one attached hydrogen (secondary N) is 1. The second kappa shape index (κ2) is 8.25. The number of benzene rings is 1. The molecule has 0 aliphatic rings. The van der Waals surface area contributed by atoms with Crippen molar-refractivity contribution in [3.8, 4) is 0 Å². The molecule has 0 radical (unpaired) electrons. The number of likely N-dealkylation sites (N-methyl/N-ethyl adjacent to an activating group) is 1. The Bertz CT molecular complexity index is 341. The molecule has 3 heteroatoms. The van der Waals surface area contributed by atoms with Crippen LogP contribution in [0.5, 0.6) is 0 Å². The highest BCUT2D eigenvalue weighted by Crippen LogP contribution is 2.15. The van der Waals surface area contributed by atoms with Gasteiger partial charge in [-0.1, -0.05) is 29.8 Å². The van der Waals surface area contributed by atoms with Gasteiger partial charge in [-0.25, -0.2) is 0 Å². The first-order valence-corrected chi connectivity index (χ1v) is 6.60. The van der Waals surface area contributed by atoms with Gasteiger partial charge >= 0.3 is 0 Å². The van der Waals surface area contributed by atoms with Gasteiger partial charge in [-0.2, -0.15) is 0 Å². The van der Waals surface area contributed by atoms with E-state index >= 15 is 0 Å². The lowest BCUT2D eigenvalue weighted by Crippen LogP contribution is -2.26. The number of rotatable bonds is 8. The zero-order chi connectivity index (χ0) is 13.4. The first-order chi connectivity index (χ1) is 8.67. The lowest BCUT2D eigenvalue weighted by molar-refractivity contribution is -0.0110. The second-order valence-corrected chi connectivity index (χ2v) is 4.56. The number of ether oxygens (including phenoxy) is 2. The minimum Gasteiger partial charge on any atom is -0.379 e. The Morgan fingerprint density at radius 2 is 2.06 bits per heavy atom. The molecule has 0 heterocycles. The van der Waals surface area contributed by atoms with Crippen LogP contribution in [0.25, 0.3) is 0 Å². The molecule has 1 aromatic rings. The van der Waals surface area contributed by atoms with E-state index in [-0.39, 0.29) is 12.1 Å². The van der Waals surface area contributed by atoms with Crippen LogP contribution in [0.15, 0.2) is 24.3 Å². The van der Waals surface area contributed by atoms with Gasteiger partial charge in [-0.15, -0.1) is 0 Å². The Hall–Kier alpha value is -0.900. The number of hydrogen-bond acceptors (Lipinski definition) is 3. The van der Waals surface area contributed by atoms with E-state index in [4.69, 9.17) is 9.47 Å². The largest absolute Gasteiger partial charge is 0.379 e. The Morgan fingerprint density at radius 1 is 1.28 bits per heavy atom. The second-order valence-electron chi connectivity index (χ2n) is 4.56. The zero-order valence-corrected chi connectivity index (χ0v) is 11.9. The fourth-order valence-corrected chi connectivity index (χ4v) is 1.83. The fraction of sp³-hybridized carbons (Fsp3) is 0.600. The third-order valence-electron chi connectivity index (χ3n) is 2.90. The van der Waals surface area contributed by atoms with Gasteiger partial charge in [-0.3, -0.25) is 0 Å². The summed E-state index contributed by atoms with van der Waals surface area (Å²) in [6, 6.07) is 8.74. The molecule has 0 bridgehead atoms. The van der Waals surface area contributed by atoms with Crippen LogP contribution in [0.4, 0.5) is 0 Å². The average molecular weight is 251 g/mol. The van der Waals surface area contributed by atoms with Crippen LogP contribution in [0.3, 0.4) is 0 Å².